The van der Waals surface area contributed by atoms with Gasteiger partial charge in [0.1, 0.15) is 0 Å². The van der Waals surface area contributed by atoms with E-state index in [1.165, 1.54) is 17.3 Å². The van der Waals surface area contributed by atoms with Crippen LogP contribution in [0.4, 0.5) is 0 Å². The first-order valence-corrected chi connectivity index (χ1v) is 10.4. The second kappa shape index (κ2) is 8.91. The van der Waals surface area contributed by atoms with Gasteiger partial charge in [-0.05, 0) is 30.2 Å². The second-order valence-corrected chi connectivity index (χ2v) is 9.73. The summed E-state index contributed by atoms with van der Waals surface area (Å²) >= 11 is 1.44. The third-order valence-corrected chi connectivity index (χ3v) is 5.65. The van der Waals surface area contributed by atoms with Crippen LogP contribution in [0.5, 0.6) is 0 Å². The zero-order chi connectivity index (χ0) is 20.2. The molecule has 0 aliphatic heterocycles. The van der Waals surface area contributed by atoms with Crippen molar-refractivity contribution in [1.29, 1.82) is 0 Å². The maximum absolute atomic E-state index is 12.3. The fourth-order valence-electron chi connectivity index (χ4n) is 2.63. The van der Waals surface area contributed by atoms with Gasteiger partial charge in [-0.3, -0.25) is 4.79 Å². The highest BCUT2D eigenvalue weighted by molar-refractivity contribution is 8.00. The van der Waals surface area contributed by atoms with E-state index in [2.05, 4.69) is 74.4 Å². The van der Waals surface area contributed by atoms with Gasteiger partial charge < -0.3 is 9.88 Å². The Morgan fingerprint density at radius 1 is 1.15 bits per heavy atom. The SMILES string of the molecule is CC(C)CCNC(=O)C(C)Sc1nnc(-c2ccc(C(C)(C)C)cc2)n1C. The summed E-state index contributed by atoms with van der Waals surface area (Å²) in [5.74, 6) is 1.43. The molecular formula is C21H32N4OS. The van der Waals surface area contributed by atoms with Crippen molar-refractivity contribution >= 4 is 17.7 Å². The van der Waals surface area contributed by atoms with Gasteiger partial charge in [-0.2, -0.15) is 0 Å². The molecule has 1 aromatic heterocycles. The molecule has 1 heterocycles. The van der Waals surface area contributed by atoms with E-state index in [4.69, 9.17) is 0 Å². The molecule has 0 bridgehead atoms. The highest BCUT2D eigenvalue weighted by Gasteiger charge is 2.20. The number of nitrogens with one attached hydrogen (secondary N) is 1. The molecule has 0 fully saturated rings. The van der Waals surface area contributed by atoms with Gasteiger partial charge in [0, 0.05) is 19.2 Å². The number of thioether (sulfide) groups is 1. The molecule has 0 aliphatic rings. The topological polar surface area (TPSA) is 59.8 Å². The van der Waals surface area contributed by atoms with Crippen molar-refractivity contribution in [2.24, 2.45) is 13.0 Å². The Hall–Kier alpha value is -1.82. The summed E-state index contributed by atoms with van der Waals surface area (Å²) in [6, 6.07) is 8.45. The van der Waals surface area contributed by atoms with Crippen LogP contribution in [0.15, 0.2) is 29.4 Å². The number of nitrogens with zero attached hydrogens (tertiary/aromatic N) is 3. The maximum atomic E-state index is 12.3. The molecule has 0 saturated carbocycles. The summed E-state index contributed by atoms with van der Waals surface area (Å²) in [5.41, 5.74) is 2.44. The van der Waals surface area contributed by atoms with Crippen LogP contribution in [0.3, 0.4) is 0 Å². The molecule has 5 nitrogen and oxygen atoms in total. The lowest BCUT2D eigenvalue weighted by Gasteiger charge is -2.19. The van der Waals surface area contributed by atoms with Crippen molar-refractivity contribution in [2.75, 3.05) is 6.54 Å². The molecule has 1 N–H and O–H groups in total. The number of rotatable bonds is 7. The van der Waals surface area contributed by atoms with E-state index in [0.29, 0.717) is 12.5 Å². The zero-order valence-corrected chi connectivity index (χ0v) is 18.4. The minimum atomic E-state index is -0.212. The van der Waals surface area contributed by atoms with Gasteiger partial charge in [0.15, 0.2) is 11.0 Å². The van der Waals surface area contributed by atoms with Crippen LogP contribution < -0.4 is 5.32 Å². The molecule has 1 atom stereocenters. The van der Waals surface area contributed by atoms with Crippen molar-refractivity contribution in [1.82, 2.24) is 20.1 Å². The second-order valence-electron chi connectivity index (χ2n) is 8.43. The largest absolute Gasteiger partial charge is 0.355 e. The number of carbonyl (C=O) groups excluding carboxylic acids is 1. The van der Waals surface area contributed by atoms with Crippen LogP contribution in [0, 0.1) is 5.92 Å². The highest BCUT2D eigenvalue weighted by atomic mass is 32.2. The minimum Gasteiger partial charge on any atom is -0.355 e. The molecule has 1 aromatic carbocycles. The van der Waals surface area contributed by atoms with E-state index < -0.39 is 0 Å². The van der Waals surface area contributed by atoms with E-state index in [1.54, 1.807) is 0 Å². The first kappa shape index (κ1) is 21.5. The number of benzene rings is 1. The molecule has 0 radical (unpaired) electrons. The van der Waals surface area contributed by atoms with Gasteiger partial charge in [-0.15, -0.1) is 10.2 Å². The van der Waals surface area contributed by atoms with Crippen molar-refractivity contribution in [2.45, 2.75) is 63.8 Å². The highest BCUT2D eigenvalue weighted by Crippen LogP contribution is 2.28. The Morgan fingerprint density at radius 3 is 2.33 bits per heavy atom. The molecule has 6 heteroatoms. The third-order valence-electron chi connectivity index (χ3n) is 4.52. The average Bonchev–Trinajstić information content (AvgIpc) is 2.94. The Kier molecular flexibility index (Phi) is 7.09. The van der Waals surface area contributed by atoms with Crippen molar-refractivity contribution < 1.29 is 4.79 Å². The summed E-state index contributed by atoms with van der Waals surface area (Å²) in [6.07, 6.45) is 0.988. The third kappa shape index (κ3) is 5.83. The van der Waals surface area contributed by atoms with Crippen LogP contribution in [0.1, 0.15) is 53.5 Å². The van der Waals surface area contributed by atoms with E-state index in [-0.39, 0.29) is 16.6 Å². The number of amides is 1. The van der Waals surface area contributed by atoms with Crippen LogP contribution >= 0.6 is 11.8 Å². The van der Waals surface area contributed by atoms with Crippen molar-refractivity contribution in [3.05, 3.63) is 29.8 Å². The van der Waals surface area contributed by atoms with E-state index in [0.717, 1.165) is 23.0 Å². The van der Waals surface area contributed by atoms with E-state index in [9.17, 15) is 4.79 Å². The average molecular weight is 389 g/mol. The minimum absolute atomic E-state index is 0.0414. The Morgan fingerprint density at radius 2 is 1.78 bits per heavy atom. The summed E-state index contributed by atoms with van der Waals surface area (Å²) < 4.78 is 1.95. The smallest absolute Gasteiger partial charge is 0.233 e. The number of carbonyl (C=O) groups is 1. The first-order chi connectivity index (χ1) is 12.6. The van der Waals surface area contributed by atoms with Gasteiger partial charge in [-0.1, -0.05) is 70.6 Å². The summed E-state index contributed by atoms with van der Waals surface area (Å²) in [6.45, 7) is 13.5. The molecular weight excluding hydrogens is 356 g/mol. The zero-order valence-electron chi connectivity index (χ0n) is 17.5. The normalized spacial score (nSPS) is 13.0. The monoisotopic (exact) mass is 388 g/mol. The van der Waals surface area contributed by atoms with Gasteiger partial charge in [0.05, 0.1) is 5.25 Å². The standard InChI is InChI=1S/C21H32N4OS/c1-14(2)12-13-22-19(26)15(3)27-20-24-23-18(25(20)7)16-8-10-17(11-9-16)21(4,5)6/h8-11,14-15H,12-13H2,1-7H3,(H,22,26). The molecule has 1 unspecified atom stereocenters. The molecule has 27 heavy (non-hydrogen) atoms. The molecule has 2 rings (SSSR count). The molecule has 0 spiro atoms. The van der Waals surface area contributed by atoms with Crippen molar-refractivity contribution in [3.63, 3.8) is 0 Å². The molecule has 148 valence electrons. The molecule has 1 amide bonds. The van der Waals surface area contributed by atoms with E-state index >= 15 is 0 Å². The van der Waals surface area contributed by atoms with Crippen LogP contribution in [-0.4, -0.2) is 32.5 Å². The Balaban J connectivity index is 2.05. The Bertz CT molecular complexity index is 759. The fraction of sp³-hybridized carbons (Fsp3) is 0.571. The predicted molar refractivity (Wildman–Crippen MR) is 113 cm³/mol. The maximum Gasteiger partial charge on any atom is 0.233 e. The molecule has 0 saturated heterocycles. The molecule has 2 aromatic rings. The van der Waals surface area contributed by atoms with Gasteiger partial charge in [-0.25, -0.2) is 0 Å². The number of hydrogen-bond acceptors (Lipinski definition) is 4. The van der Waals surface area contributed by atoms with E-state index in [1.807, 2.05) is 18.5 Å². The fourth-order valence-corrected chi connectivity index (χ4v) is 3.47. The lowest BCUT2D eigenvalue weighted by atomic mass is 9.87. The lowest BCUT2D eigenvalue weighted by molar-refractivity contribution is -0.120. The Labute approximate surface area is 167 Å². The first-order valence-electron chi connectivity index (χ1n) is 9.54. The van der Waals surface area contributed by atoms with Crippen molar-refractivity contribution in [3.8, 4) is 11.4 Å². The quantitative estimate of drug-likeness (QED) is 0.713. The summed E-state index contributed by atoms with van der Waals surface area (Å²) in [7, 11) is 1.94. The van der Waals surface area contributed by atoms with Crippen LogP contribution in [-0.2, 0) is 17.3 Å². The molecule has 0 aliphatic carbocycles. The lowest BCUT2D eigenvalue weighted by Crippen LogP contribution is -2.32. The van der Waals surface area contributed by atoms with Gasteiger partial charge in [0.25, 0.3) is 0 Å². The predicted octanol–water partition coefficient (Wildman–Crippen LogP) is 4.42. The van der Waals surface area contributed by atoms with Gasteiger partial charge in [0.2, 0.25) is 5.91 Å². The summed E-state index contributed by atoms with van der Waals surface area (Å²) in [5, 5.41) is 12.2. The van der Waals surface area contributed by atoms with Gasteiger partial charge >= 0.3 is 0 Å². The van der Waals surface area contributed by atoms with Crippen LogP contribution in [0.2, 0.25) is 0 Å². The number of aromatic nitrogens is 3. The summed E-state index contributed by atoms with van der Waals surface area (Å²) in [4.78, 5) is 12.3. The number of hydrogen-bond donors (Lipinski definition) is 1. The van der Waals surface area contributed by atoms with Crippen LogP contribution in [0.25, 0.3) is 11.4 Å².